The van der Waals surface area contributed by atoms with Crippen molar-refractivity contribution in [2.75, 3.05) is 38.2 Å². The van der Waals surface area contributed by atoms with Crippen molar-refractivity contribution in [2.24, 2.45) is 5.92 Å². The predicted molar refractivity (Wildman–Crippen MR) is 91.3 cm³/mol. The first-order valence-corrected chi connectivity index (χ1v) is 8.94. The zero-order chi connectivity index (χ0) is 15.8. The number of ketones is 1. The topological polar surface area (TPSA) is 49.4 Å². The third-order valence-electron chi connectivity index (χ3n) is 4.01. The molecule has 1 aromatic rings. The van der Waals surface area contributed by atoms with Crippen LogP contribution in [0, 0.1) is 5.92 Å². The second kappa shape index (κ2) is 8.96. The van der Waals surface area contributed by atoms with E-state index in [1.54, 1.807) is 0 Å². The molecule has 0 atom stereocenters. The summed E-state index contributed by atoms with van der Waals surface area (Å²) in [4.78, 5) is 26.1. The van der Waals surface area contributed by atoms with Gasteiger partial charge in [-0.15, -0.1) is 11.8 Å². The quantitative estimate of drug-likeness (QED) is 0.781. The number of rotatable bonds is 7. The standard InChI is InChI=1S/C17H24N2O2S/c1-18-11-14-7-9-19(10-8-14)17(21)13-22-12-16(20)15-5-3-2-4-6-15/h2-6,14,18H,7-13H2,1H3. The Morgan fingerprint density at radius 2 is 1.86 bits per heavy atom. The van der Waals surface area contributed by atoms with Crippen LogP contribution in [0.25, 0.3) is 0 Å². The molecule has 0 saturated carbocycles. The molecule has 4 nitrogen and oxygen atoms in total. The number of carbonyl (C=O) groups excluding carboxylic acids is 2. The van der Waals surface area contributed by atoms with E-state index in [9.17, 15) is 9.59 Å². The average molecular weight is 320 g/mol. The lowest BCUT2D eigenvalue weighted by Crippen LogP contribution is -2.41. The minimum Gasteiger partial charge on any atom is -0.342 e. The second-order valence-electron chi connectivity index (χ2n) is 5.66. The van der Waals surface area contributed by atoms with Crippen LogP contribution in [-0.4, -0.2) is 54.8 Å². The fraction of sp³-hybridized carbons (Fsp3) is 0.529. The molecule has 1 saturated heterocycles. The highest BCUT2D eigenvalue weighted by Gasteiger charge is 2.22. The summed E-state index contributed by atoms with van der Waals surface area (Å²) in [5.41, 5.74) is 0.718. The first-order valence-electron chi connectivity index (χ1n) is 7.79. The molecule has 120 valence electrons. The fourth-order valence-corrected chi connectivity index (χ4v) is 3.52. The minimum atomic E-state index is 0.0890. The Bertz CT molecular complexity index is 485. The van der Waals surface area contributed by atoms with Crippen LogP contribution in [-0.2, 0) is 4.79 Å². The molecule has 0 unspecified atom stereocenters. The number of nitrogens with one attached hydrogen (secondary N) is 1. The summed E-state index contributed by atoms with van der Waals surface area (Å²) >= 11 is 1.42. The molecule has 2 rings (SSSR count). The molecule has 0 bridgehead atoms. The Kier molecular flexibility index (Phi) is 6.93. The van der Waals surface area contributed by atoms with Crippen LogP contribution < -0.4 is 5.32 Å². The van der Waals surface area contributed by atoms with Gasteiger partial charge in [-0.05, 0) is 32.4 Å². The van der Waals surface area contributed by atoms with Gasteiger partial charge in [-0.25, -0.2) is 0 Å². The molecule has 1 fully saturated rings. The lowest BCUT2D eigenvalue weighted by molar-refractivity contribution is -0.129. The van der Waals surface area contributed by atoms with E-state index in [0.717, 1.165) is 38.0 Å². The van der Waals surface area contributed by atoms with Crippen LogP contribution in [0.3, 0.4) is 0 Å². The van der Waals surface area contributed by atoms with Gasteiger partial charge < -0.3 is 10.2 Å². The smallest absolute Gasteiger partial charge is 0.232 e. The summed E-state index contributed by atoms with van der Waals surface area (Å²) in [6.07, 6.45) is 2.14. The van der Waals surface area contributed by atoms with Gasteiger partial charge in [0.1, 0.15) is 0 Å². The molecule has 22 heavy (non-hydrogen) atoms. The van der Waals surface area contributed by atoms with E-state index >= 15 is 0 Å². The Morgan fingerprint density at radius 1 is 1.18 bits per heavy atom. The third-order valence-corrected chi connectivity index (χ3v) is 4.93. The van der Waals surface area contributed by atoms with Gasteiger partial charge in [0.05, 0.1) is 11.5 Å². The number of amides is 1. The Labute approximate surface area is 136 Å². The van der Waals surface area contributed by atoms with Gasteiger partial charge in [0.15, 0.2) is 5.78 Å². The largest absolute Gasteiger partial charge is 0.342 e. The lowest BCUT2D eigenvalue weighted by Gasteiger charge is -2.31. The van der Waals surface area contributed by atoms with Crippen LogP contribution in [0.4, 0.5) is 0 Å². The molecule has 1 N–H and O–H groups in total. The summed E-state index contributed by atoms with van der Waals surface area (Å²) in [7, 11) is 1.97. The van der Waals surface area contributed by atoms with E-state index in [0.29, 0.717) is 17.4 Å². The molecule has 1 amide bonds. The highest BCUT2D eigenvalue weighted by atomic mass is 32.2. The molecular formula is C17H24N2O2S. The number of likely N-dealkylation sites (tertiary alicyclic amines) is 1. The number of carbonyl (C=O) groups is 2. The van der Waals surface area contributed by atoms with Gasteiger partial charge in [0.25, 0.3) is 0 Å². The van der Waals surface area contributed by atoms with Crippen molar-refractivity contribution in [2.45, 2.75) is 12.8 Å². The van der Waals surface area contributed by atoms with Crippen molar-refractivity contribution in [3.05, 3.63) is 35.9 Å². The molecule has 0 spiro atoms. The third kappa shape index (κ3) is 5.14. The van der Waals surface area contributed by atoms with Crippen LogP contribution in [0.5, 0.6) is 0 Å². The summed E-state index contributed by atoms with van der Waals surface area (Å²) in [6.45, 7) is 2.72. The van der Waals surface area contributed by atoms with Crippen LogP contribution in [0.1, 0.15) is 23.2 Å². The maximum absolute atomic E-state index is 12.2. The number of hydrogen-bond acceptors (Lipinski definition) is 4. The minimum absolute atomic E-state index is 0.0890. The summed E-state index contributed by atoms with van der Waals surface area (Å²) in [6, 6.07) is 9.25. The van der Waals surface area contributed by atoms with E-state index in [-0.39, 0.29) is 11.7 Å². The van der Waals surface area contributed by atoms with Crippen LogP contribution in [0.15, 0.2) is 30.3 Å². The van der Waals surface area contributed by atoms with Crippen molar-refractivity contribution in [3.63, 3.8) is 0 Å². The van der Waals surface area contributed by atoms with Gasteiger partial charge in [-0.3, -0.25) is 9.59 Å². The maximum Gasteiger partial charge on any atom is 0.232 e. The monoisotopic (exact) mass is 320 g/mol. The van der Waals surface area contributed by atoms with Crippen molar-refractivity contribution in [3.8, 4) is 0 Å². The highest BCUT2D eigenvalue weighted by molar-refractivity contribution is 8.00. The van der Waals surface area contributed by atoms with Gasteiger partial charge in [0.2, 0.25) is 5.91 Å². The number of benzene rings is 1. The number of hydrogen-bond donors (Lipinski definition) is 1. The summed E-state index contributed by atoms with van der Waals surface area (Å²) in [5.74, 6) is 1.70. The van der Waals surface area contributed by atoms with Crippen molar-refractivity contribution < 1.29 is 9.59 Å². The predicted octanol–water partition coefficient (Wildman–Crippen LogP) is 2.06. The number of nitrogens with zero attached hydrogens (tertiary/aromatic N) is 1. The first kappa shape index (κ1) is 17.0. The SMILES string of the molecule is CNCC1CCN(C(=O)CSCC(=O)c2ccccc2)CC1. The molecule has 1 heterocycles. The normalized spacial score (nSPS) is 15.8. The molecule has 1 aliphatic heterocycles. The van der Waals surface area contributed by atoms with Gasteiger partial charge >= 0.3 is 0 Å². The molecule has 0 aromatic heterocycles. The van der Waals surface area contributed by atoms with Crippen molar-refractivity contribution in [1.29, 1.82) is 0 Å². The molecule has 1 aliphatic rings. The first-order chi connectivity index (χ1) is 10.7. The highest BCUT2D eigenvalue weighted by Crippen LogP contribution is 2.17. The van der Waals surface area contributed by atoms with Gasteiger partial charge in [0, 0.05) is 18.7 Å². The lowest BCUT2D eigenvalue weighted by atomic mass is 9.97. The molecule has 0 radical (unpaired) electrons. The summed E-state index contributed by atoms with van der Waals surface area (Å²) in [5, 5.41) is 3.20. The van der Waals surface area contributed by atoms with E-state index in [4.69, 9.17) is 0 Å². The summed E-state index contributed by atoms with van der Waals surface area (Å²) < 4.78 is 0. The van der Waals surface area contributed by atoms with Crippen LogP contribution >= 0.6 is 11.8 Å². The second-order valence-corrected chi connectivity index (χ2v) is 6.65. The zero-order valence-electron chi connectivity index (χ0n) is 13.1. The van der Waals surface area contributed by atoms with Gasteiger partial charge in [-0.1, -0.05) is 30.3 Å². The van der Waals surface area contributed by atoms with E-state index in [1.165, 1.54) is 11.8 Å². The number of thioether (sulfide) groups is 1. The van der Waals surface area contributed by atoms with Gasteiger partial charge in [-0.2, -0.15) is 0 Å². The van der Waals surface area contributed by atoms with E-state index in [2.05, 4.69) is 5.32 Å². The molecule has 1 aromatic carbocycles. The maximum atomic E-state index is 12.2. The number of Topliss-reactive ketones (excluding diaryl/α,β-unsaturated/α-hetero) is 1. The Hall–Kier alpha value is -1.33. The molecular weight excluding hydrogens is 296 g/mol. The molecule has 5 heteroatoms. The fourth-order valence-electron chi connectivity index (χ4n) is 2.70. The molecule has 0 aliphatic carbocycles. The zero-order valence-corrected chi connectivity index (χ0v) is 13.9. The number of piperidine rings is 1. The van der Waals surface area contributed by atoms with E-state index in [1.807, 2.05) is 42.3 Å². The average Bonchev–Trinajstić information content (AvgIpc) is 2.56. The van der Waals surface area contributed by atoms with Crippen molar-refractivity contribution >= 4 is 23.5 Å². The Morgan fingerprint density at radius 3 is 2.50 bits per heavy atom. The van der Waals surface area contributed by atoms with Crippen LogP contribution in [0.2, 0.25) is 0 Å². The van der Waals surface area contributed by atoms with Crippen molar-refractivity contribution in [1.82, 2.24) is 10.2 Å². The Balaban J connectivity index is 1.67. The van der Waals surface area contributed by atoms with E-state index < -0.39 is 0 Å².